The molecule has 0 saturated heterocycles. The second kappa shape index (κ2) is 7.80. The zero-order valence-corrected chi connectivity index (χ0v) is 13.2. The first-order valence-corrected chi connectivity index (χ1v) is 8.02. The van der Waals surface area contributed by atoms with Gasteiger partial charge in [0.2, 0.25) is 0 Å². The molecule has 2 nitrogen and oxygen atoms in total. The van der Waals surface area contributed by atoms with E-state index in [1.54, 1.807) is 0 Å². The van der Waals surface area contributed by atoms with E-state index in [1.807, 2.05) is 0 Å². The van der Waals surface area contributed by atoms with Gasteiger partial charge in [-0.2, -0.15) is 0 Å². The molecule has 0 spiro atoms. The fourth-order valence-electron chi connectivity index (χ4n) is 2.28. The monoisotopic (exact) mass is 275 g/mol. The third-order valence-electron chi connectivity index (χ3n) is 3.87. The largest absolute Gasteiger partial charge is 0.376 e. The molecule has 112 valence electrons. The van der Waals surface area contributed by atoms with E-state index < -0.39 is 0 Å². The molecule has 1 aliphatic rings. The van der Waals surface area contributed by atoms with E-state index in [1.165, 1.54) is 24.0 Å². The maximum absolute atomic E-state index is 5.72. The van der Waals surface area contributed by atoms with Gasteiger partial charge in [0.05, 0.1) is 6.61 Å². The van der Waals surface area contributed by atoms with E-state index in [0.717, 1.165) is 32.2 Å². The van der Waals surface area contributed by atoms with Crippen molar-refractivity contribution in [2.75, 3.05) is 19.7 Å². The van der Waals surface area contributed by atoms with Crippen molar-refractivity contribution in [3.63, 3.8) is 0 Å². The van der Waals surface area contributed by atoms with E-state index in [4.69, 9.17) is 4.74 Å². The molecule has 1 fully saturated rings. The quantitative estimate of drug-likeness (QED) is 0.736. The van der Waals surface area contributed by atoms with Crippen LogP contribution in [0.5, 0.6) is 0 Å². The van der Waals surface area contributed by atoms with E-state index in [0.29, 0.717) is 11.8 Å². The Hall–Kier alpha value is -0.860. The fourth-order valence-corrected chi connectivity index (χ4v) is 2.28. The first-order valence-electron chi connectivity index (χ1n) is 8.02. The first-order chi connectivity index (χ1) is 9.65. The molecule has 1 aromatic carbocycles. The van der Waals surface area contributed by atoms with Crippen LogP contribution in [-0.2, 0) is 11.3 Å². The topological polar surface area (TPSA) is 21.3 Å². The number of nitrogens with one attached hydrogen (secondary N) is 1. The highest BCUT2D eigenvalue weighted by Crippen LogP contribution is 2.29. The highest BCUT2D eigenvalue weighted by atomic mass is 16.5. The molecular formula is C18H29NO. The summed E-state index contributed by atoms with van der Waals surface area (Å²) >= 11 is 0. The van der Waals surface area contributed by atoms with Crippen molar-refractivity contribution in [3.05, 3.63) is 35.4 Å². The van der Waals surface area contributed by atoms with Gasteiger partial charge >= 0.3 is 0 Å². The van der Waals surface area contributed by atoms with Crippen LogP contribution in [0, 0.1) is 11.8 Å². The number of rotatable bonds is 9. The predicted molar refractivity (Wildman–Crippen MR) is 84.9 cm³/mol. The standard InChI is InChI=1S/C18H29NO/c1-14(2)10-19-11-15(3)18-8-6-17(7-9-18)13-20-12-16-4-5-16/h6-9,14-16,19H,4-5,10-13H2,1-3H3. The maximum Gasteiger partial charge on any atom is 0.0717 e. The molecule has 1 atom stereocenters. The molecule has 1 aromatic rings. The smallest absolute Gasteiger partial charge is 0.0717 e. The van der Waals surface area contributed by atoms with Crippen molar-refractivity contribution in [2.24, 2.45) is 11.8 Å². The van der Waals surface area contributed by atoms with Crippen LogP contribution in [-0.4, -0.2) is 19.7 Å². The normalized spacial score (nSPS) is 16.6. The Bertz CT molecular complexity index is 381. The van der Waals surface area contributed by atoms with Gasteiger partial charge in [0.25, 0.3) is 0 Å². The highest BCUT2D eigenvalue weighted by Gasteiger charge is 2.20. The Morgan fingerprint density at radius 3 is 2.40 bits per heavy atom. The third kappa shape index (κ3) is 5.64. The lowest BCUT2D eigenvalue weighted by Gasteiger charge is -2.15. The van der Waals surface area contributed by atoms with E-state index in [9.17, 15) is 0 Å². The second-order valence-electron chi connectivity index (χ2n) is 6.65. The van der Waals surface area contributed by atoms with Gasteiger partial charge in [0.1, 0.15) is 0 Å². The summed E-state index contributed by atoms with van der Waals surface area (Å²) < 4.78 is 5.72. The lowest BCUT2D eigenvalue weighted by atomic mass is 10.00. The minimum absolute atomic E-state index is 0.565. The molecule has 0 aromatic heterocycles. The van der Waals surface area contributed by atoms with E-state index in [-0.39, 0.29) is 0 Å². The van der Waals surface area contributed by atoms with Gasteiger partial charge in [0.15, 0.2) is 0 Å². The predicted octanol–water partition coefficient (Wildman–Crippen LogP) is 3.96. The number of hydrogen-bond donors (Lipinski definition) is 1. The van der Waals surface area contributed by atoms with Crippen LogP contribution in [0.3, 0.4) is 0 Å². The number of ether oxygens (including phenoxy) is 1. The lowest BCUT2D eigenvalue weighted by molar-refractivity contribution is 0.111. The Labute approximate surface area is 123 Å². The molecule has 2 heteroatoms. The highest BCUT2D eigenvalue weighted by molar-refractivity contribution is 5.24. The summed E-state index contributed by atoms with van der Waals surface area (Å²) in [5.74, 6) is 2.13. The van der Waals surface area contributed by atoms with Gasteiger partial charge in [-0.25, -0.2) is 0 Å². The average molecular weight is 275 g/mol. The maximum atomic E-state index is 5.72. The molecule has 0 heterocycles. The summed E-state index contributed by atoms with van der Waals surface area (Å²) in [5, 5.41) is 3.53. The van der Waals surface area contributed by atoms with Crippen molar-refractivity contribution in [1.29, 1.82) is 0 Å². The molecule has 1 aliphatic carbocycles. The minimum atomic E-state index is 0.565. The summed E-state index contributed by atoms with van der Waals surface area (Å²) in [5.41, 5.74) is 2.70. The molecule has 1 saturated carbocycles. The first kappa shape index (κ1) is 15.5. The van der Waals surface area contributed by atoms with Crippen LogP contribution in [0.25, 0.3) is 0 Å². The molecule has 1 unspecified atom stereocenters. The van der Waals surface area contributed by atoms with Crippen LogP contribution >= 0.6 is 0 Å². The molecule has 20 heavy (non-hydrogen) atoms. The fraction of sp³-hybridized carbons (Fsp3) is 0.667. The van der Waals surface area contributed by atoms with Gasteiger partial charge in [0, 0.05) is 13.2 Å². The van der Waals surface area contributed by atoms with Crippen LogP contribution in [0.15, 0.2) is 24.3 Å². The van der Waals surface area contributed by atoms with Gasteiger partial charge in [-0.1, -0.05) is 45.0 Å². The summed E-state index contributed by atoms with van der Waals surface area (Å²) in [7, 11) is 0. The Morgan fingerprint density at radius 2 is 1.80 bits per heavy atom. The van der Waals surface area contributed by atoms with Gasteiger partial charge in [-0.15, -0.1) is 0 Å². The van der Waals surface area contributed by atoms with Gasteiger partial charge < -0.3 is 10.1 Å². The molecular weight excluding hydrogens is 246 g/mol. The zero-order valence-electron chi connectivity index (χ0n) is 13.2. The van der Waals surface area contributed by atoms with Crippen molar-refractivity contribution < 1.29 is 4.74 Å². The second-order valence-corrected chi connectivity index (χ2v) is 6.65. The summed E-state index contributed by atoms with van der Waals surface area (Å²) in [4.78, 5) is 0. The summed E-state index contributed by atoms with van der Waals surface area (Å²) in [6.45, 7) is 10.6. The van der Waals surface area contributed by atoms with Crippen molar-refractivity contribution in [2.45, 2.75) is 46.1 Å². The Morgan fingerprint density at radius 1 is 1.10 bits per heavy atom. The third-order valence-corrected chi connectivity index (χ3v) is 3.87. The molecule has 2 rings (SSSR count). The molecule has 1 N–H and O–H groups in total. The van der Waals surface area contributed by atoms with E-state index in [2.05, 4.69) is 50.4 Å². The zero-order chi connectivity index (χ0) is 14.4. The van der Waals surface area contributed by atoms with Crippen LogP contribution in [0.4, 0.5) is 0 Å². The average Bonchev–Trinajstić information content (AvgIpc) is 3.23. The van der Waals surface area contributed by atoms with Crippen LogP contribution in [0.1, 0.15) is 50.7 Å². The van der Waals surface area contributed by atoms with Crippen LogP contribution in [0.2, 0.25) is 0 Å². The van der Waals surface area contributed by atoms with E-state index >= 15 is 0 Å². The Kier molecular flexibility index (Phi) is 6.06. The van der Waals surface area contributed by atoms with Crippen molar-refractivity contribution in [1.82, 2.24) is 5.32 Å². The molecule has 0 radical (unpaired) electrons. The summed E-state index contributed by atoms with van der Waals surface area (Å²) in [6.07, 6.45) is 2.72. The minimum Gasteiger partial charge on any atom is -0.376 e. The van der Waals surface area contributed by atoms with Crippen molar-refractivity contribution in [3.8, 4) is 0 Å². The van der Waals surface area contributed by atoms with Gasteiger partial charge in [-0.05, 0) is 48.3 Å². The number of benzene rings is 1. The lowest BCUT2D eigenvalue weighted by Crippen LogP contribution is -2.24. The number of hydrogen-bond acceptors (Lipinski definition) is 2. The van der Waals surface area contributed by atoms with Crippen molar-refractivity contribution >= 4 is 0 Å². The van der Waals surface area contributed by atoms with Gasteiger partial charge in [-0.3, -0.25) is 0 Å². The molecule has 0 bridgehead atoms. The summed E-state index contributed by atoms with van der Waals surface area (Å²) in [6, 6.07) is 8.91. The molecule has 0 amide bonds. The SMILES string of the molecule is CC(C)CNCC(C)c1ccc(COCC2CC2)cc1. The van der Waals surface area contributed by atoms with Crippen LogP contribution < -0.4 is 5.32 Å². The molecule has 0 aliphatic heterocycles. The Balaban J connectivity index is 1.71.